The van der Waals surface area contributed by atoms with Gasteiger partial charge in [-0.2, -0.15) is 4.98 Å². The highest BCUT2D eigenvalue weighted by Gasteiger charge is 2.17. The van der Waals surface area contributed by atoms with Crippen molar-refractivity contribution in [2.75, 3.05) is 36.7 Å². The average molecular weight is 397 g/mol. The van der Waals surface area contributed by atoms with Gasteiger partial charge in [0, 0.05) is 25.3 Å². The molecule has 2 aromatic heterocycles. The quantitative estimate of drug-likeness (QED) is 0.663. The molecule has 3 rings (SSSR count). The van der Waals surface area contributed by atoms with Gasteiger partial charge in [0.15, 0.2) is 5.82 Å². The van der Waals surface area contributed by atoms with Crippen LogP contribution in [0.15, 0.2) is 48.1 Å². The first kappa shape index (κ1) is 19.3. The molecule has 3 aromatic rings. The molecule has 0 aliphatic rings. The molecule has 144 valence electrons. The fourth-order valence-corrected chi connectivity index (χ4v) is 3.07. The van der Waals surface area contributed by atoms with Gasteiger partial charge in [-0.05, 0) is 35.7 Å². The third-order valence-corrected chi connectivity index (χ3v) is 4.67. The van der Waals surface area contributed by atoms with Crippen molar-refractivity contribution in [2.24, 2.45) is 0 Å². The molecule has 0 aliphatic carbocycles. The Balaban J connectivity index is 1.75. The number of aromatic nitrogens is 2. The predicted octanol–water partition coefficient (Wildman–Crippen LogP) is 3.12. The van der Waals surface area contributed by atoms with Gasteiger partial charge < -0.3 is 20.3 Å². The summed E-state index contributed by atoms with van der Waals surface area (Å²) < 4.78 is 5.23. The molecule has 8 nitrogen and oxygen atoms in total. The molecule has 2 N–H and O–H groups in total. The molecule has 0 atom stereocenters. The smallest absolute Gasteiger partial charge is 0.265 e. The normalized spacial score (nSPS) is 10.2. The molecule has 0 saturated carbocycles. The van der Waals surface area contributed by atoms with E-state index < -0.39 is 0 Å². The number of rotatable bonds is 6. The van der Waals surface area contributed by atoms with Gasteiger partial charge in [-0.3, -0.25) is 9.59 Å². The second kappa shape index (κ2) is 8.49. The van der Waals surface area contributed by atoms with Crippen LogP contribution in [0.25, 0.3) is 0 Å². The second-order valence-corrected chi connectivity index (χ2v) is 6.89. The number of amides is 2. The highest BCUT2D eigenvalue weighted by Crippen LogP contribution is 2.30. The van der Waals surface area contributed by atoms with Crippen LogP contribution in [0.4, 0.5) is 17.2 Å². The van der Waals surface area contributed by atoms with Gasteiger partial charge in [0.1, 0.15) is 12.0 Å². The molecule has 2 amide bonds. The second-order valence-electron chi connectivity index (χ2n) is 5.94. The lowest BCUT2D eigenvalue weighted by Crippen LogP contribution is -2.19. The lowest BCUT2D eigenvalue weighted by atomic mass is 10.2. The Labute approximate surface area is 166 Å². The van der Waals surface area contributed by atoms with Crippen LogP contribution < -0.4 is 20.3 Å². The third kappa shape index (κ3) is 4.26. The highest BCUT2D eigenvalue weighted by atomic mass is 32.1. The molecule has 0 saturated heterocycles. The first-order valence-electron chi connectivity index (χ1n) is 8.32. The van der Waals surface area contributed by atoms with Crippen LogP contribution in [0.5, 0.6) is 5.88 Å². The van der Waals surface area contributed by atoms with Gasteiger partial charge in [0.2, 0.25) is 5.88 Å². The topological polar surface area (TPSA) is 96.5 Å². The van der Waals surface area contributed by atoms with Crippen LogP contribution in [0.1, 0.15) is 20.0 Å². The van der Waals surface area contributed by atoms with E-state index in [2.05, 4.69) is 20.6 Å². The Morgan fingerprint density at radius 3 is 2.39 bits per heavy atom. The van der Waals surface area contributed by atoms with E-state index >= 15 is 0 Å². The number of nitrogens with zero attached hydrogens (tertiary/aromatic N) is 3. The summed E-state index contributed by atoms with van der Waals surface area (Å²) >= 11 is 1.36. The van der Waals surface area contributed by atoms with Gasteiger partial charge in [-0.1, -0.05) is 6.07 Å². The van der Waals surface area contributed by atoms with Crippen LogP contribution >= 0.6 is 11.3 Å². The molecule has 9 heteroatoms. The molecule has 0 aliphatic heterocycles. The molecule has 2 heterocycles. The maximum absolute atomic E-state index is 12.7. The Hall–Kier alpha value is -3.46. The zero-order valence-electron chi connectivity index (χ0n) is 15.6. The van der Waals surface area contributed by atoms with E-state index in [1.54, 1.807) is 35.2 Å². The number of benzene rings is 1. The first-order chi connectivity index (χ1) is 13.5. The lowest BCUT2D eigenvalue weighted by Gasteiger charge is -2.18. The van der Waals surface area contributed by atoms with E-state index in [-0.39, 0.29) is 17.7 Å². The summed E-state index contributed by atoms with van der Waals surface area (Å²) in [5, 5.41) is 7.43. The van der Waals surface area contributed by atoms with Gasteiger partial charge in [-0.25, -0.2) is 4.98 Å². The summed E-state index contributed by atoms with van der Waals surface area (Å²) in [7, 11) is 5.09. The molecular formula is C19H19N5O3S. The number of nitrogens with one attached hydrogen (secondary N) is 2. The minimum atomic E-state index is -0.340. The van der Waals surface area contributed by atoms with Crippen molar-refractivity contribution in [1.29, 1.82) is 0 Å². The van der Waals surface area contributed by atoms with Gasteiger partial charge in [0.05, 0.1) is 12.0 Å². The number of anilines is 3. The molecule has 0 spiro atoms. The Morgan fingerprint density at radius 2 is 1.79 bits per heavy atom. The van der Waals surface area contributed by atoms with E-state index in [0.717, 1.165) is 0 Å². The molecule has 0 unspecified atom stereocenters. The van der Waals surface area contributed by atoms with Crippen LogP contribution in [0.3, 0.4) is 0 Å². The zero-order valence-corrected chi connectivity index (χ0v) is 16.4. The van der Waals surface area contributed by atoms with E-state index in [1.807, 2.05) is 25.5 Å². The number of hydrogen-bond acceptors (Lipinski definition) is 7. The fraction of sp³-hybridized carbons (Fsp3) is 0.158. The molecule has 1 aromatic carbocycles. The first-order valence-corrected chi connectivity index (χ1v) is 9.20. The van der Waals surface area contributed by atoms with Crippen LogP contribution in [-0.2, 0) is 0 Å². The predicted molar refractivity (Wildman–Crippen MR) is 110 cm³/mol. The summed E-state index contributed by atoms with van der Waals surface area (Å²) in [6.45, 7) is 0. The van der Waals surface area contributed by atoms with Crippen molar-refractivity contribution in [1.82, 2.24) is 9.97 Å². The van der Waals surface area contributed by atoms with Crippen molar-refractivity contribution < 1.29 is 14.3 Å². The number of carbonyl (C=O) groups excluding carboxylic acids is 2. The average Bonchev–Trinajstić information content (AvgIpc) is 3.23. The number of methoxy groups -OCH3 is 1. The zero-order chi connectivity index (χ0) is 20.1. The van der Waals surface area contributed by atoms with E-state index in [1.165, 1.54) is 24.8 Å². The Kier molecular flexibility index (Phi) is 5.85. The molecule has 0 radical (unpaired) electrons. The fourth-order valence-electron chi connectivity index (χ4n) is 2.46. The van der Waals surface area contributed by atoms with Crippen LogP contribution in [-0.4, -0.2) is 43.0 Å². The largest absolute Gasteiger partial charge is 0.479 e. The van der Waals surface area contributed by atoms with Crippen molar-refractivity contribution in [3.05, 3.63) is 58.5 Å². The van der Waals surface area contributed by atoms with Gasteiger partial charge >= 0.3 is 0 Å². The summed E-state index contributed by atoms with van der Waals surface area (Å²) in [4.78, 5) is 35.3. The summed E-state index contributed by atoms with van der Waals surface area (Å²) in [5.41, 5.74) is 1.41. The number of carbonyl (C=O) groups is 2. The third-order valence-electron chi connectivity index (χ3n) is 3.80. The minimum Gasteiger partial charge on any atom is -0.479 e. The summed E-state index contributed by atoms with van der Waals surface area (Å²) in [6.07, 6.45) is 1.37. The summed E-state index contributed by atoms with van der Waals surface area (Å²) in [6, 6.07) is 10.2. The van der Waals surface area contributed by atoms with Crippen molar-refractivity contribution >= 4 is 40.3 Å². The van der Waals surface area contributed by atoms with E-state index in [9.17, 15) is 9.59 Å². The Bertz CT molecular complexity index is 972. The SMILES string of the molecule is COc1ncnc(N(C)C)c1NC(=O)c1ccc(NC(=O)c2cccs2)cc1. The number of hydrogen-bond donors (Lipinski definition) is 2. The van der Waals surface area contributed by atoms with E-state index in [4.69, 9.17) is 4.74 Å². The van der Waals surface area contributed by atoms with Gasteiger partial charge in [0.25, 0.3) is 11.8 Å². The minimum absolute atomic E-state index is 0.186. The standard InChI is InChI=1S/C19H19N5O3S/c1-24(2)16-15(19(27-3)21-11-20-16)23-17(25)12-6-8-13(9-7-12)22-18(26)14-5-4-10-28-14/h4-11H,1-3H3,(H,22,26)(H,23,25). The summed E-state index contributed by atoms with van der Waals surface area (Å²) in [5.74, 6) is 0.272. The van der Waals surface area contributed by atoms with Crippen molar-refractivity contribution in [3.8, 4) is 5.88 Å². The van der Waals surface area contributed by atoms with Crippen LogP contribution in [0.2, 0.25) is 0 Å². The lowest BCUT2D eigenvalue weighted by molar-refractivity contribution is 0.102. The molecular weight excluding hydrogens is 378 g/mol. The molecule has 0 fully saturated rings. The van der Waals surface area contributed by atoms with Crippen LogP contribution in [0, 0.1) is 0 Å². The Morgan fingerprint density at radius 1 is 1.04 bits per heavy atom. The van der Waals surface area contributed by atoms with Crippen molar-refractivity contribution in [3.63, 3.8) is 0 Å². The van der Waals surface area contributed by atoms with Crippen molar-refractivity contribution in [2.45, 2.75) is 0 Å². The molecule has 0 bridgehead atoms. The van der Waals surface area contributed by atoms with E-state index in [0.29, 0.717) is 27.6 Å². The maximum atomic E-state index is 12.7. The number of ether oxygens (including phenoxy) is 1. The molecule has 28 heavy (non-hydrogen) atoms. The monoisotopic (exact) mass is 397 g/mol. The highest BCUT2D eigenvalue weighted by molar-refractivity contribution is 7.12. The number of thiophene rings is 1. The maximum Gasteiger partial charge on any atom is 0.265 e. The van der Waals surface area contributed by atoms with Gasteiger partial charge in [-0.15, -0.1) is 11.3 Å².